The Morgan fingerprint density at radius 3 is 2.35 bits per heavy atom. The molecule has 0 amide bonds. The van der Waals surface area contributed by atoms with E-state index < -0.39 is 0 Å². The first-order valence-corrected chi connectivity index (χ1v) is 6.25. The fourth-order valence-corrected chi connectivity index (χ4v) is 2.17. The molecule has 0 saturated heterocycles. The molecule has 4 nitrogen and oxygen atoms in total. The second kappa shape index (κ2) is 5.17. The molecule has 0 radical (unpaired) electrons. The summed E-state index contributed by atoms with van der Waals surface area (Å²) in [6, 6.07) is 11.8. The maximum absolute atomic E-state index is 5.43. The van der Waals surface area contributed by atoms with E-state index in [1.165, 1.54) is 0 Å². The predicted molar refractivity (Wildman–Crippen MR) is 78.1 cm³/mol. The Morgan fingerprint density at radius 2 is 1.65 bits per heavy atom. The Balaban J connectivity index is 2.20. The van der Waals surface area contributed by atoms with Gasteiger partial charge in [-0.1, -0.05) is 6.07 Å². The summed E-state index contributed by atoms with van der Waals surface area (Å²) in [6.45, 7) is 0. The van der Waals surface area contributed by atoms with Gasteiger partial charge in [0.15, 0.2) is 0 Å². The highest BCUT2D eigenvalue weighted by Crippen LogP contribution is 2.31. The number of methoxy groups -OCH3 is 2. The molecule has 0 atom stereocenters. The molecule has 2 heterocycles. The van der Waals surface area contributed by atoms with Gasteiger partial charge in [-0.3, -0.25) is 4.98 Å². The first-order valence-electron chi connectivity index (χ1n) is 6.25. The van der Waals surface area contributed by atoms with E-state index in [0.29, 0.717) is 5.88 Å². The molecule has 2 aromatic heterocycles. The number of hydrogen-bond acceptors (Lipinski definition) is 4. The van der Waals surface area contributed by atoms with Gasteiger partial charge in [-0.05, 0) is 35.4 Å². The summed E-state index contributed by atoms with van der Waals surface area (Å²) in [5.74, 6) is 1.30. The normalized spacial score (nSPS) is 10.5. The average Bonchev–Trinajstić information content (AvgIpc) is 2.54. The summed E-state index contributed by atoms with van der Waals surface area (Å²) >= 11 is 0. The van der Waals surface area contributed by atoms with Gasteiger partial charge in [0.05, 0.1) is 19.7 Å². The highest BCUT2D eigenvalue weighted by atomic mass is 16.5. The Kier molecular flexibility index (Phi) is 3.21. The molecule has 0 saturated carbocycles. The highest BCUT2D eigenvalue weighted by Gasteiger charge is 2.08. The maximum Gasteiger partial charge on any atom is 0.217 e. The second-order valence-electron chi connectivity index (χ2n) is 4.33. The van der Waals surface area contributed by atoms with Crippen molar-refractivity contribution in [2.45, 2.75) is 0 Å². The summed E-state index contributed by atoms with van der Waals surface area (Å²) < 4.78 is 10.6. The van der Waals surface area contributed by atoms with Crippen LogP contribution in [0.15, 0.2) is 48.8 Å². The van der Waals surface area contributed by atoms with Gasteiger partial charge in [0.1, 0.15) is 5.75 Å². The van der Waals surface area contributed by atoms with Gasteiger partial charge in [-0.2, -0.15) is 0 Å². The lowest BCUT2D eigenvalue weighted by Gasteiger charge is -2.09. The van der Waals surface area contributed by atoms with E-state index in [9.17, 15) is 0 Å². The van der Waals surface area contributed by atoms with Crippen molar-refractivity contribution in [2.24, 2.45) is 0 Å². The molecular formula is C16H14N2O2. The zero-order chi connectivity index (χ0) is 13.9. The number of fused-ring (bicyclic) bond motifs is 1. The lowest BCUT2D eigenvalue weighted by Crippen LogP contribution is -1.92. The van der Waals surface area contributed by atoms with Crippen LogP contribution in [0.3, 0.4) is 0 Å². The van der Waals surface area contributed by atoms with Crippen LogP contribution < -0.4 is 9.47 Å². The van der Waals surface area contributed by atoms with Crippen molar-refractivity contribution in [3.05, 3.63) is 48.8 Å². The summed E-state index contributed by atoms with van der Waals surface area (Å²) in [4.78, 5) is 8.46. The van der Waals surface area contributed by atoms with Crippen molar-refractivity contribution >= 4 is 10.9 Å². The van der Waals surface area contributed by atoms with Crippen LogP contribution >= 0.6 is 0 Å². The number of rotatable bonds is 3. The Hall–Kier alpha value is -2.62. The first kappa shape index (κ1) is 12.4. The third-order valence-corrected chi connectivity index (χ3v) is 3.19. The number of pyridine rings is 2. The SMILES string of the molecule is COc1cc(OC)c2cc(-c3ccncc3)ccc2n1. The summed E-state index contributed by atoms with van der Waals surface area (Å²) in [5, 5.41) is 0.961. The fraction of sp³-hybridized carbons (Fsp3) is 0.125. The third-order valence-electron chi connectivity index (χ3n) is 3.19. The van der Waals surface area contributed by atoms with Gasteiger partial charge in [0, 0.05) is 23.8 Å². The second-order valence-corrected chi connectivity index (χ2v) is 4.33. The van der Waals surface area contributed by atoms with Gasteiger partial charge in [-0.15, -0.1) is 0 Å². The van der Waals surface area contributed by atoms with E-state index in [1.54, 1.807) is 32.7 Å². The quantitative estimate of drug-likeness (QED) is 0.729. The van der Waals surface area contributed by atoms with Gasteiger partial charge < -0.3 is 9.47 Å². The molecule has 0 aliphatic rings. The minimum atomic E-state index is 0.547. The van der Waals surface area contributed by atoms with Crippen LogP contribution in [0.2, 0.25) is 0 Å². The molecule has 3 rings (SSSR count). The number of hydrogen-bond donors (Lipinski definition) is 0. The van der Waals surface area contributed by atoms with E-state index in [-0.39, 0.29) is 0 Å². The monoisotopic (exact) mass is 266 g/mol. The minimum absolute atomic E-state index is 0.547. The van der Waals surface area contributed by atoms with E-state index in [4.69, 9.17) is 9.47 Å². The zero-order valence-corrected chi connectivity index (χ0v) is 11.3. The van der Waals surface area contributed by atoms with Crippen LogP contribution in [0.25, 0.3) is 22.0 Å². The van der Waals surface area contributed by atoms with Crippen molar-refractivity contribution < 1.29 is 9.47 Å². The van der Waals surface area contributed by atoms with Crippen LogP contribution in [-0.2, 0) is 0 Å². The molecule has 0 N–H and O–H groups in total. The number of ether oxygens (including phenoxy) is 2. The summed E-state index contributed by atoms with van der Waals surface area (Å²) in [7, 11) is 3.24. The molecule has 100 valence electrons. The molecular weight excluding hydrogens is 252 g/mol. The van der Waals surface area contributed by atoms with Crippen molar-refractivity contribution in [3.8, 4) is 22.8 Å². The lowest BCUT2D eigenvalue weighted by molar-refractivity contribution is 0.386. The van der Waals surface area contributed by atoms with Crippen molar-refractivity contribution in [3.63, 3.8) is 0 Å². The maximum atomic E-state index is 5.43. The number of nitrogens with zero attached hydrogens (tertiary/aromatic N) is 2. The van der Waals surface area contributed by atoms with Crippen LogP contribution in [0.5, 0.6) is 11.6 Å². The van der Waals surface area contributed by atoms with Crippen molar-refractivity contribution in [2.75, 3.05) is 14.2 Å². The average molecular weight is 266 g/mol. The first-order chi connectivity index (χ1) is 9.81. The Morgan fingerprint density at radius 1 is 0.850 bits per heavy atom. The van der Waals surface area contributed by atoms with E-state index >= 15 is 0 Å². The minimum Gasteiger partial charge on any atom is -0.496 e. The Labute approximate surface area is 117 Å². The predicted octanol–water partition coefficient (Wildman–Crippen LogP) is 3.31. The van der Waals surface area contributed by atoms with Gasteiger partial charge >= 0.3 is 0 Å². The molecule has 20 heavy (non-hydrogen) atoms. The molecule has 3 aromatic rings. The molecule has 4 heteroatoms. The number of aromatic nitrogens is 2. The highest BCUT2D eigenvalue weighted by molar-refractivity contribution is 5.90. The largest absolute Gasteiger partial charge is 0.496 e. The molecule has 0 bridgehead atoms. The lowest BCUT2D eigenvalue weighted by atomic mass is 10.0. The Bertz CT molecular complexity index is 742. The fourth-order valence-electron chi connectivity index (χ4n) is 2.17. The molecule has 0 unspecified atom stereocenters. The van der Waals surface area contributed by atoms with Crippen molar-refractivity contribution in [1.82, 2.24) is 9.97 Å². The van der Waals surface area contributed by atoms with Crippen LogP contribution in [0.4, 0.5) is 0 Å². The van der Waals surface area contributed by atoms with E-state index in [0.717, 1.165) is 27.8 Å². The van der Waals surface area contributed by atoms with Crippen LogP contribution in [0, 0.1) is 0 Å². The summed E-state index contributed by atoms with van der Waals surface area (Å²) in [5.41, 5.74) is 3.06. The number of benzene rings is 1. The molecule has 0 aliphatic carbocycles. The molecule has 0 fully saturated rings. The molecule has 1 aromatic carbocycles. The topological polar surface area (TPSA) is 44.2 Å². The zero-order valence-electron chi connectivity index (χ0n) is 11.3. The molecule has 0 aliphatic heterocycles. The van der Waals surface area contributed by atoms with Gasteiger partial charge in [0.2, 0.25) is 5.88 Å². The van der Waals surface area contributed by atoms with Crippen molar-refractivity contribution in [1.29, 1.82) is 0 Å². The van der Waals surface area contributed by atoms with E-state index in [2.05, 4.69) is 16.0 Å². The molecule has 0 spiro atoms. The smallest absolute Gasteiger partial charge is 0.217 e. The standard InChI is InChI=1S/C16H14N2O2/c1-19-15-10-16(20-2)18-14-4-3-12(9-13(14)15)11-5-7-17-8-6-11/h3-10H,1-2H3. The van der Waals surface area contributed by atoms with Gasteiger partial charge in [-0.25, -0.2) is 4.98 Å². The van der Waals surface area contributed by atoms with Crippen LogP contribution in [0.1, 0.15) is 0 Å². The van der Waals surface area contributed by atoms with Crippen LogP contribution in [-0.4, -0.2) is 24.2 Å². The van der Waals surface area contributed by atoms with Gasteiger partial charge in [0.25, 0.3) is 0 Å². The van der Waals surface area contributed by atoms with E-state index in [1.807, 2.05) is 24.3 Å². The summed E-state index contributed by atoms with van der Waals surface area (Å²) in [6.07, 6.45) is 3.56. The third kappa shape index (κ3) is 2.16.